The minimum atomic E-state index is -4.77. The van der Waals surface area contributed by atoms with Crippen molar-refractivity contribution in [3.05, 3.63) is 48.6 Å². The zero-order chi connectivity index (χ0) is 40.3. The fourth-order valence-electron chi connectivity index (χ4n) is 6.25. The highest BCUT2D eigenvalue weighted by molar-refractivity contribution is 7.46. The molecule has 0 saturated heterocycles. The molecule has 0 radical (unpaired) electrons. The van der Waals surface area contributed by atoms with Crippen LogP contribution in [-0.4, -0.2) is 41.0 Å². The summed E-state index contributed by atoms with van der Waals surface area (Å²) in [5.41, 5.74) is 0. The zero-order valence-electron chi connectivity index (χ0n) is 35.3. The Kier molecular flexibility index (Phi) is 40.1. The van der Waals surface area contributed by atoms with Gasteiger partial charge in [-0.15, -0.1) is 0 Å². The summed E-state index contributed by atoms with van der Waals surface area (Å²) in [6, 6.07) is 0. The van der Waals surface area contributed by atoms with Crippen LogP contribution in [0, 0.1) is 0 Å². The van der Waals surface area contributed by atoms with Gasteiger partial charge >= 0.3 is 19.8 Å². The number of hydrogen-bond acceptors (Lipinski definition) is 6. The largest absolute Gasteiger partial charge is 0.469 e. The van der Waals surface area contributed by atoms with Gasteiger partial charge in [-0.05, 0) is 51.4 Å². The summed E-state index contributed by atoms with van der Waals surface area (Å²) < 4.78 is 26.4. The first kappa shape index (κ1) is 53.0. The molecule has 0 amide bonds. The number of carbonyl (C=O) groups is 2. The Bertz CT molecular complexity index is 1030. The summed E-state index contributed by atoms with van der Waals surface area (Å²) in [6.07, 6.45) is 51.3. The summed E-state index contributed by atoms with van der Waals surface area (Å²) in [5, 5.41) is 0. The van der Waals surface area contributed by atoms with Crippen LogP contribution in [0.1, 0.15) is 213 Å². The summed E-state index contributed by atoms with van der Waals surface area (Å²) >= 11 is 0. The number of esters is 2. The van der Waals surface area contributed by atoms with E-state index < -0.39 is 32.5 Å². The van der Waals surface area contributed by atoms with Gasteiger partial charge in [-0.3, -0.25) is 14.1 Å². The van der Waals surface area contributed by atoms with Gasteiger partial charge in [0.05, 0.1) is 6.61 Å². The minimum absolute atomic E-state index is 0.137. The topological polar surface area (TPSA) is 119 Å². The van der Waals surface area contributed by atoms with Gasteiger partial charge in [-0.2, -0.15) is 0 Å². The van der Waals surface area contributed by atoms with E-state index in [0.717, 1.165) is 38.5 Å². The maximum atomic E-state index is 12.4. The minimum Gasteiger partial charge on any atom is -0.462 e. The molecular weight excluding hydrogens is 711 g/mol. The second kappa shape index (κ2) is 41.6. The SMILES string of the molecule is CCCCC/C=C/C/C=C/C/C=C/C/C=C/CCCC(=O)O[C@H](COC(=O)CCCCCCCCCCCCCCCCCCCCCC)COP(=O)(O)O. The molecule has 0 bridgehead atoms. The number of ether oxygens (including phenoxy) is 2. The highest BCUT2D eigenvalue weighted by Gasteiger charge is 2.22. The van der Waals surface area contributed by atoms with Gasteiger partial charge in [0.25, 0.3) is 0 Å². The average Bonchev–Trinajstić information content (AvgIpc) is 3.16. The third-order valence-corrected chi connectivity index (χ3v) is 10.1. The number of phosphoric ester groups is 1. The van der Waals surface area contributed by atoms with Crippen molar-refractivity contribution in [2.75, 3.05) is 13.2 Å². The summed E-state index contributed by atoms with van der Waals surface area (Å²) in [6.45, 7) is 3.63. The van der Waals surface area contributed by atoms with Crippen LogP contribution in [0.25, 0.3) is 0 Å². The quantitative estimate of drug-likeness (QED) is 0.0272. The highest BCUT2D eigenvalue weighted by atomic mass is 31.2. The van der Waals surface area contributed by atoms with Crippen LogP contribution in [0.3, 0.4) is 0 Å². The Hall–Kier alpha value is -1.99. The first-order valence-electron chi connectivity index (χ1n) is 22.4. The molecule has 0 saturated carbocycles. The standard InChI is InChI=1S/C46H83O8P/c1-3-5-7-9-11-13-15-17-19-21-22-23-25-26-28-30-32-34-36-38-40-45(47)52-42-44(43-53-55(49,50)51)54-46(48)41-39-37-35-33-31-29-27-24-20-18-16-14-12-10-8-6-4-2/h12,14,18,20,27,29,33,35,44H,3-11,13,15-17,19,21-26,28,30-32,34,36-43H2,1-2H3,(H2,49,50,51)/b14-12+,20-18+,29-27+,35-33+/t44-/m1/s1. The van der Waals surface area contributed by atoms with Crippen LogP contribution in [-0.2, 0) is 28.2 Å². The lowest BCUT2D eigenvalue weighted by Gasteiger charge is -2.18. The molecule has 55 heavy (non-hydrogen) atoms. The second-order valence-corrected chi connectivity index (χ2v) is 16.3. The van der Waals surface area contributed by atoms with Crippen molar-refractivity contribution in [1.82, 2.24) is 0 Å². The molecule has 9 heteroatoms. The van der Waals surface area contributed by atoms with Crippen molar-refractivity contribution in [2.45, 2.75) is 219 Å². The molecule has 0 aromatic heterocycles. The molecule has 0 aliphatic heterocycles. The van der Waals surface area contributed by atoms with E-state index in [9.17, 15) is 14.2 Å². The zero-order valence-corrected chi connectivity index (χ0v) is 36.2. The molecule has 0 fully saturated rings. The number of carbonyl (C=O) groups excluding carboxylic acids is 2. The first-order chi connectivity index (χ1) is 26.8. The van der Waals surface area contributed by atoms with Gasteiger partial charge in [0.2, 0.25) is 0 Å². The van der Waals surface area contributed by atoms with Crippen LogP contribution in [0.4, 0.5) is 0 Å². The van der Waals surface area contributed by atoms with Crippen molar-refractivity contribution in [3.63, 3.8) is 0 Å². The molecule has 320 valence electrons. The van der Waals surface area contributed by atoms with Gasteiger partial charge in [0.15, 0.2) is 6.10 Å². The molecule has 0 unspecified atom stereocenters. The van der Waals surface area contributed by atoms with Gasteiger partial charge in [-0.1, -0.05) is 197 Å². The predicted molar refractivity (Wildman–Crippen MR) is 230 cm³/mol. The van der Waals surface area contributed by atoms with E-state index in [-0.39, 0.29) is 19.4 Å². The molecule has 0 aliphatic carbocycles. The normalized spacial score (nSPS) is 12.9. The van der Waals surface area contributed by atoms with Crippen molar-refractivity contribution >= 4 is 19.8 Å². The highest BCUT2D eigenvalue weighted by Crippen LogP contribution is 2.36. The number of unbranched alkanes of at least 4 members (excludes halogenated alkanes) is 23. The van der Waals surface area contributed by atoms with Crippen molar-refractivity contribution in [1.29, 1.82) is 0 Å². The van der Waals surface area contributed by atoms with Gasteiger partial charge < -0.3 is 19.3 Å². The van der Waals surface area contributed by atoms with E-state index in [1.54, 1.807) is 0 Å². The van der Waals surface area contributed by atoms with E-state index in [1.807, 2.05) is 6.08 Å². The number of hydrogen-bond donors (Lipinski definition) is 2. The van der Waals surface area contributed by atoms with Crippen LogP contribution in [0.2, 0.25) is 0 Å². The summed E-state index contributed by atoms with van der Waals surface area (Å²) in [7, 11) is -4.77. The number of phosphoric acid groups is 1. The fraction of sp³-hybridized carbons (Fsp3) is 0.783. The molecule has 1 atom stereocenters. The monoisotopic (exact) mass is 795 g/mol. The predicted octanol–water partition coefficient (Wildman–Crippen LogP) is 13.9. The third-order valence-electron chi connectivity index (χ3n) is 9.60. The molecule has 0 spiro atoms. The van der Waals surface area contributed by atoms with Crippen molar-refractivity contribution < 1.29 is 37.9 Å². The molecule has 0 heterocycles. The molecule has 0 aliphatic rings. The molecule has 0 aromatic carbocycles. The Morgan fingerprint density at radius 1 is 0.473 bits per heavy atom. The van der Waals surface area contributed by atoms with Crippen LogP contribution in [0.5, 0.6) is 0 Å². The van der Waals surface area contributed by atoms with E-state index >= 15 is 0 Å². The molecule has 0 aromatic rings. The Morgan fingerprint density at radius 2 is 0.836 bits per heavy atom. The van der Waals surface area contributed by atoms with Gasteiger partial charge in [-0.25, -0.2) is 4.57 Å². The summed E-state index contributed by atoms with van der Waals surface area (Å²) in [5.74, 6) is -0.944. The molecular formula is C46H83O8P. The van der Waals surface area contributed by atoms with Gasteiger partial charge in [0.1, 0.15) is 6.61 Å². The number of rotatable bonds is 41. The second-order valence-electron chi connectivity index (χ2n) is 15.0. The lowest BCUT2D eigenvalue weighted by molar-refractivity contribution is -0.161. The Balaban J connectivity index is 3.94. The maximum Gasteiger partial charge on any atom is 0.469 e. The molecule has 0 rings (SSSR count). The summed E-state index contributed by atoms with van der Waals surface area (Å²) in [4.78, 5) is 42.9. The van der Waals surface area contributed by atoms with E-state index in [4.69, 9.17) is 19.3 Å². The van der Waals surface area contributed by atoms with Crippen molar-refractivity contribution in [2.24, 2.45) is 0 Å². The van der Waals surface area contributed by atoms with Crippen molar-refractivity contribution in [3.8, 4) is 0 Å². The first-order valence-corrected chi connectivity index (χ1v) is 24.0. The van der Waals surface area contributed by atoms with E-state index in [2.05, 4.69) is 60.9 Å². The van der Waals surface area contributed by atoms with Crippen LogP contribution >= 0.6 is 7.82 Å². The smallest absolute Gasteiger partial charge is 0.462 e. The van der Waals surface area contributed by atoms with Crippen LogP contribution in [0.15, 0.2) is 48.6 Å². The average molecular weight is 795 g/mol. The van der Waals surface area contributed by atoms with Crippen LogP contribution < -0.4 is 0 Å². The maximum absolute atomic E-state index is 12.4. The van der Waals surface area contributed by atoms with Gasteiger partial charge in [0, 0.05) is 12.8 Å². The fourth-order valence-corrected chi connectivity index (χ4v) is 6.61. The Morgan fingerprint density at radius 3 is 1.27 bits per heavy atom. The number of allylic oxidation sites excluding steroid dienone is 8. The molecule has 8 nitrogen and oxygen atoms in total. The van der Waals surface area contributed by atoms with E-state index in [0.29, 0.717) is 12.8 Å². The lowest BCUT2D eigenvalue weighted by atomic mass is 10.0. The Labute approximate surface area is 337 Å². The van der Waals surface area contributed by atoms with E-state index in [1.165, 1.54) is 135 Å². The lowest BCUT2D eigenvalue weighted by Crippen LogP contribution is -2.29. The molecule has 2 N–H and O–H groups in total. The third kappa shape index (κ3) is 44.6.